The number of aromatic nitrogens is 4. The van der Waals surface area contributed by atoms with Gasteiger partial charge in [-0.1, -0.05) is 46.7 Å². The maximum absolute atomic E-state index is 10.3. The van der Waals surface area contributed by atoms with Crippen LogP contribution in [0.3, 0.4) is 0 Å². The summed E-state index contributed by atoms with van der Waals surface area (Å²) in [6, 6.07) is 0. The van der Waals surface area contributed by atoms with Crippen LogP contribution in [0.5, 0.6) is 0 Å². The summed E-state index contributed by atoms with van der Waals surface area (Å²) in [5, 5.41) is 10.4. The van der Waals surface area contributed by atoms with Gasteiger partial charge in [0, 0.05) is 18.0 Å². The van der Waals surface area contributed by atoms with Gasteiger partial charge in [-0.2, -0.15) is 0 Å². The molecule has 118 valence electrons. The molecule has 1 N–H and O–H groups in total. The minimum atomic E-state index is -0.118. The van der Waals surface area contributed by atoms with Gasteiger partial charge in [-0.15, -0.1) is 0 Å². The Balaban J connectivity index is 0.000000220. The van der Waals surface area contributed by atoms with Gasteiger partial charge in [-0.25, -0.2) is 19.9 Å². The highest BCUT2D eigenvalue weighted by Gasteiger charge is 2.02. The van der Waals surface area contributed by atoms with Gasteiger partial charge in [0.2, 0.25) is 0 Å². The van der Waals surface area contributed by atoms with Crippen molar-refractivity contribution in [2.75, 3.05) is 12.5 Å². The third-order valence-corrected chi connectivity index (χ3v) is 3.95. The second-order valence-electron chi connectivity index (χ2n) is 3.55. The topological polar surface area (TPSA) is 88.9 Å². The van der Waals surface area contributed by atoms with Crippen molar-refractivity contribution in [3.05, 3.63) is 33.8 Å². The van der Waals surface area contributed by atoms with E-state index in [4.69, 9.17) is 28.3 Å². The van der Waals surface area contributed by atoms with Crippen molar-refractivity contribution in [2.24, 2.45) is 0 Å². The van der Waals surface area contributed by atoms with Gasteiger partial charge in [0.15, 0.2) is 16.6 Å². The fourth-order valence-electron chi connectivity index (χ4n) is 1.11. The number of carbonyl (C=O) groups excluding carboxylic acids is 1. The highest BCUT2D eigenvalue weighted by molar-refractivity contribution is 7.98. The van der Waals surface area contributed by atoms with E-state index < -0.39 is 0 Å². The fourth-order valence-corrected chi connectivity index (χ4v) is 2.25. The van der Waals surface area contributed by atoms with Gasteiger partial charge in [0.05, 0.1) is 12.2 Å². The van der Waals surface area contributed by atoms with Crippen molar-refractivity contribution < 1.29 is 9.90 Å². The molecule has 0 unspecified atom stereocenters. The average Bonchev–Trinajstić information content (AvgIpc) is 2.55. The first-order valence-corrected chi connectivity index (χ1v) is 8.94. The molecule has 2 aromatic heterocycles. The number of aldehydes is 1. The molecular weight excluding hydrogens is 367 g/mol. The zero-order valence-corrected chi connectivity index (χ0v) is 14.8. The third-order valence-electron chi connectivity index (χ3n) is 2.20. The Kier molecular flexibility index (Phi) is 8.66. The number of halogens is 2. The Morgan fingerprint density at radius 3 is 2.05 bits per heavy atom. The molecule has 0 radical (unpaired) electrons. The molecule has 0 saturated heterocycles. The lowest BCUT2D eigenvalue weighted by atomic mass is 10.4. The van der Waals surface area contributed by atoms with Gasteiger partial charge in [0.1, 0.15) is 10.3 Å². The van der Waals surface area contributed by atoms with Crippen LogP contribution < -0.4 is 0 Å². The van der Waals surface area contributed by atoms with E-state index in [9.17, 15) is 4.79 Å². The van der Waals surface area contributed by atoms with E-state index >= 15 is 0 Å². The van der Waals surface area contributed by atoms with Crippen LogP contribution in [-0.4, -0.2) is 43.8 Å². The maximum atomic E-state index is 10.3. The Bertz CT molecular complexity index is 647. The number of hydrogen-bond donors (Lipinski definition) is 1. The van der Waals surface area contributed by atoms with E-state index in [2.05, 4.69) is 19.9 Å². The van der Waals surface area contributed by atoms with Gasteiger partial charge < -0.3 is 5.11 Å². The Morgan fingerprint density at radius 2 is 1.64 bits per heavy atom. The van der Waals surface area contributed by atoms with Crippen LogP contribution in [0.15, 0.2) is 22.7 Å². The number of aliphatic hydroxyl groups excluding tert-OH is 1. The van der Waals surface area contributed by atoms with E-state index in [0.717, 1.165) is 0 Å². The minimum Gasteiger partial charge on any atom is -0.392 e. The number of thioether (sulfide) groups is 2. The molecule has 6 nitrogen and oxygen atoms in total. The summed E-state index contributed by atoms with van der Waals surface area (Å²) in [6.45, 7) is -0.118. The summed E-state index contributed by atoms with van der Waals surface area (Å²) in [5.74, 6) is 0. The molecule has 0 spiro atoms. The van der Waals surface area contributed by atoms with Crippen molar-refractivity contribution >= 4 is 53.0 Å². The highest BCUT2D eigenvalue weighted by atomic mass is 35.5. The largest absolute Gasteiger partial charge is 0.392 e. The van der Waals surface area contributed by atoms with Crippen LogP contribution in [0.2, 0.25) is 10.3 Å². The molecule has 2 heterocycles. The van der Waals surface area contributed by atoms with E-state index in [0.29, 0.717) is 32.9 Å². The number of nitrogens with zero attached hydrogens (tertiary/aromatic N) is 4. The number of hydrogen-bond acceptors (Lipinski definition) is 8. The summed E-state index contributed by atoms with van der Waals surface area (Å²) in [5.41, 5.74) is 0.883. The predicted octanol–water partition coefficient (Wildman–Crippen LogP) is 3.01. The fraction of sp³-hybridized carbons (Fsp3) is 0.250. The van der Waals surface area contributed by atoms with E-state index in [1.54, 1.807) is 0 Å². The average molecular weight is 379 g/mol. The summed E-state index contributed by atoms with van der Waals surface area (Å²) >= 11 is 14.1. The summed E-state index contributed by atoms with van der Waals surface area (Å²) in [4.78, 5) is 25.8. The molecule has 0 aliphatic rings. The molecule has 0 aliphatic carbocycles. The van der Waals surface area contributed by atoms with Gasteiger partial charge in [0.25, 0.3) is 0 Å². The van der Waals surface area contributed by atoms with Crippen LogP contribution >= 0.6 is 46.7 Å². The quantitative estimate of drug-likeness (QED) is 0.375. The van der Waals surface area contributed by atoms with Crippen molar-refractivity contribution in [2.45, 2.75) is 16.9 Å². The lowest BCUT2D eigenvalue weighted by molar-refractivity contribution is 0.112. The summed E-state index contributed by atoms with van der Waals surface area (Å²) < 4.78 is 0. The monoisotopic (exact) mass is 378 g/mol. The molecule has 0 saturated carbocycles. The molecule has 0 amide bonds. The maximum Gasteiger partial charge on any atom is 0.188 e. The number of rotatable bonds is 4. The first kappa shape index (κ1) is 19.1. The molecular formula is C12H12Cl2N4O2S2. The molecule has 2 aromatic rings. The molecule has 22 heavy (non-hydrogen) atoms. The lowest BCUT2D eigenvalue weighted by Gasteiger charge is -1.99. The van der Waals surface area contributed by atoms with Crippen LogP contribution in [0.1, 0.15) is 15.9 Å². The highest BCUT2D eigenvalue weighted by Crippen LogP contribution is 2.16. The van der Waals surface area contributed by atoms with Crippen LogP contribution in [0.25, 0.3) is 0 Å². The normalized spacial score (nSPS) is 9.86. The Hall–Kier alpha value is -0.930. The zero-order valence-electron chi connectivity index (χ0n) is 11.7. The minimum absolute atomic E-state index is 0.118. The molecule has 0 atom stereocenters. The molecule has 10 heteroatoms. The van der Waals surface area contributed by atoms with Crippen molar-refractivity contribution in [3.63, 3.8) is 0 Å². The molecule has 0 bridgehead atoms. The third kappa shape index (κ3) is 5.69. The molecule has 0 aliphatic heterocycles. The Labute approximate surface area is 146 Å². The van der Waals surface area contributed by atoms with E-state index in [-0.39, 0.29) is 11.8 Å². The summed E-state index contributed by atoms with van der Waals surface area (Å²) in [7, 11) is 0. The number of aliphatic hydroxyl groups is 1. The van der Waals surface area contributed by atoms with Gasteiger partial charge in [-0.05, 0) is 12.5 Å². The van der Waals surface area contributed by atoms with Crippen LogP contribution in [0.4, 0.5) is 0 Å². The van der Waals surface area contributed by atoms with Crippen molar-refractivity contribution in [3.8, 4) is 0 Å². The second kappa shape index (κ2) is 9.96. The van der Waals surface area contributed by atoms with Gasteiger partial charge in [-0.3, -0.25) is 4.79 Å². The molecule has 0 aromatic carbocycles. The second-order valence-corrected chi connectivity index (χ2v) is 5.81. The standard InChI is InChI=1S/C6H7ClN2OS.C6H5ClN2OS/c2*1-11-6-8-2-4(3-10)5(7)9-6/h2,10H,3H2,1H3;2-3H,1H3. The van der Waals surface area contributed by atoms with Crippen molar-refractivity contribution in [1.82, 2.24) is 19.9 Å². The SMILES string of the molecule is CSc1ncc(C=O)c(Cl)n1.CSc1ncc(CO)c(Cl)n1. The van der Waals surface area contributed by atoms with E-state index in [1.807, 2.05) is 12.5 Å². The first-order chi connectivity index (χ1) is 10.5. The molecule has 2 rings (SSSR count). The van der Waals surface area contributed by atoms with Crippen molar-refractivity contribution in [1.29, 1.82) is 0 Å². The Morgan fingerprint density at radius 1 is 1.09 bits per heavy atom. The zero-order chi connectivity index (χ0) is 16.5. The molecule has 0 fully saturated rings. The predicted molar refractivity (Wildman–Crippen MR) is 89.0 cm³/mol. The van der Waals surface area contributed by atoms with Crippen LogP contribution in [0, 0.1) is 0 Å². The first-order valence-electron chi connectivity index (χ1n) is 5.73. The lowest BCUT2D eigenvalue weighted by Crippen LogP contribution is -1.92. The van der Waals surface area contributed by atoms with E-state index in [1.165, 1.54) is 35.9 Å². The summed E-state index contributed by atoms with van der Waals surface area (Å²) in [6.07, 6.45) is 7.28. The number of carbonyl (C=O) groups is 1. The smallest absolute Gasteiger partial charge is 0.188 e. The van der Waals surface area contributed by atoms with Gasteiger partial charge >= 0.3 is 0 Å². The van der Waals surface area contributed by atoms with Crippen LogP contribution in [-0.2, 0) is 6.61 Å².